The van der Waals surface area contributed by atoms with Gasteiger partial charge < -0.3 is 4.74 Å². The fourth-order valence-electron chi connectivity index (χ4n) is 3.45. The number of nitrogen functional groups attached to an aromatic ring is 1. The Morgan fingerprint density at radius 1 is 1.13 bits per heavy atom. The number of rotatable bonds is 2. The van der Waals surface area contributed by atoms with Crippen LogP contribution in [-0.4, -0.2) is 7.11 Å². The number of hydrogen-bond acceptors (Lipinski definition) is 3. The average molecular weight is 308 g/mol. The molecule has 0 saturated carbocycles. The number of nitrogens with zero attached hydrogens (tertiary/aromatic N) is 1. The van der Waals surface area contributed by atoms with E-state index in [1.54, 1.807) is 7.11 Å². The topological polar surface area (TPSA) is 73.2 Å². The quantitative estimate of drug-likeness (QED) is 0.925. The van der Waals surface area contributed by atoms with Crippen LogP contribution in [0.25, 0.3) is 11.1 Å². The molecule has 1 aromatic carbocycles. The molecule has 3 rings (SSSR count). The van der Waals surface area contributed by atoms with Crippen LogP contribution >= 0.6 is 0 Å². The summed E-state index contributed by atoms with van der Waals surface area (Å²) in [5, 5.41) is 9.66. The van der Waals surface area contributed by atoms with Crippen LogP contribution < -0.4 is 15.5 Å². The second-order valence-electron chi connectivity index (χ2n) is 5.97. The van der Waals surface area contributed by atoms with Crippen molar-refractivity contribution in [1.29, 1.82) is 5.26 Å². The van der Waals surface area contributed by atoms with Gasteiger partial charge in [0.2, 0.25) is 0 Å². The second kappa shape index (κ2) is 6.70. The number of nitrogens with one attached hydrogen (secondary N) is 1. The number of hydrogen-bond donors (Lipinski definition) is 1. The minimum absolute atomic E-state index is 0.452. The molecule has 0 bridgehead atoms. The van der Waals surface area contributed by atoms with Crippen molar-refractivity contribution in [3.8, 4) is 22.9 Å². The molecule has 0 spiro atoms. The minimum Gasteiger partial charge on any atom is -0.496 e. The van der Waals surface area contributed by atoms with Gasteiger partial charge in [0, 0.05) is 23.1 Å². The third-order valence-electron chi connectivity index (χ3n) is 4.56. The molecule has 3 N–H and O–H groups in total. The third-order valence-corrected chi connectivity index (χ3v) is 4.56. The van der Waals surface area contributed by atoms with E-state index in [-0.39, 0.29) is 0 Å². The van der Waals surface area contributed by atoms with Crippen LogP contribution in [0.1, 0.15) is 42.5 Å². The summed E-state index contributed by atoms with van der Waals surface area (Å²) >= 11 is 0. The number of H-pyrrole nitrogens is 1. The fraction of sp³-hybridized carbons (Fsp3) is 0.368. The van der Waals surface area contributed by atoms with E-state index in [0.717, 1.165) is 42.6 Å². The number of aryl methyl sites for hydroxylation is 1. The molecule has 4 heteroatoms. The molecular weight excluding hydrogens is 286 g/mol. The van der Waals surface area contributed by atoms with Crippen LogP contribution in [0.15, 0.2) is 24.3 Å². The monoisotopic (exact) mass is 308 g/mol. The lowest BCUT2D eigenvalue weighted by Gasteiger charge is -2.18. The zero-order valence-electron chi connectivity index (χ0n) is 13.5. The maximum Gasteiger partial charge on any atom is 0.289 e. The summed E-state index contributed by atoms with van der Waals surface area (Å²) in [6, 6.07) is 10.1. The summed E-state index contributed by atoms with van der Waals surface area (Å²) in [6.07, 6.45) is 6.72. The van der Waals surface area contributed by atoms with Crippen molar-refractivity contribution >= 4 is 5.82 Å². The van der Waals surface area contributed by atoms with Crippen molar-refractivity contribution in [2.45, 2.75) is 38.5 Å². The highest BCUT2D eigenvalue weighted by Crippen LogP contribution is 2.38. The summed E-state index contributed by atoms with van der Waals surface area (Å²) < 4.78 is 5.53. The maximum atomic E-state index is 9.66. The first-order chi connectivity index (χ1) is 11.3. The lowest BCUT2D eigenvalue weighted by molar-refractivity contribution is -0.374. The third kappa shape index (κ3) is 2.87. The predicted molar refractivity (Wildman–Crippen MR) is 90.0 cm³/mol. The van der Waals surface area contributed by atoms with E-state index in [1.807, 2.05) is 24.3 Å². The van der Waals surface area contributed by atoms with Crippen molar-refractivity contribution in [2.24, 2.45) is 0 Å². The van der Waals surface area contributed by atoms with Crippen molar-refractivity contribution in [2.75, 3.05) is 12.8 Å². The molecule has 0 fully saturated rings. The highest BCUT2D eigenvalue weighted by molar-refractivity contribution is 5.81. The molecule has 1 aliphatic carbocycles. The van der Waals surface area contributed by atoms with Gasteiger partial charge in [-0.05, 0) is 25.3 Å². The SMILES string of the molecule is COc1ccccc1-c1c(C#N)c(N)[nH+]c2c1CCCCCC2. The van der Waals surface area contributed by atoms with Gasteiger partial charge in [0.25, 0.3) is 5.82 Å². The molecule has 0 amide bonds. The number of aromatic amines is 1. The van der Waals surface area contributed by atoms with Crippen LogP contribution in [-0.2, 0) is 12.8 Å². The highest BCUT2D eigenvalue weighted by Gasteiger charge is 2.25. The summed E-state index contributed by atoms with van der Waals surface area (Å²) in [7, 11) is 1.66. The highest BCUT2D eigenvalue weighted by atomic mass is 16.5. The van der Waals surface area contributed by atoms with Gasteiger partial charge in [-0.2, -0.15) is 5.26 Å². The molecular formula is C19H22N3O+. The number of ether oxygens (including phenoxy) is 1. The van der Waals surface area contributed by atoms with Crippen molar-refractivity contribution in [1.82, 2.24) is 0 Å². The summed E-state index contributed by atoms with van der Waals surface area (Å²) in [4.78, 5) is 3.28. The van der Waals surface area contributed by atoms with Crippen LogP contribution in [0.2, 0.25) is 0 Å². The summed E-state index contributed by atoms with van der Waals surface area (Å²) in [6.45, 7) is 0. The number of para-hydroxylation sites is 1. The van der Waals surface area contributed by atoms with Crippen LogP contribution in [0, 0.1) is 11.3 Å². The van der Waals surface area contributed by atoms with E-state index in [2.05, 4.69) is 11.1 Å². The second-order valence-corrected chi connectivity index (χ2v) is 5.97. The first kappa shape index (κ1) is 15.4. The average Bonchev–Trinajstić information content (AvgIpc) is 2.55. The molecule has 0 atom stereocenters. The van der Waals surface area contributed by atoms with Gasteiger partial charge >= 0.3 is 0 Å². The smallest absolute Gasteiger partial charge is 0.289 e. The Labute approximate surface area is 136 Å². The number of anilines is 1. The van der Waals surface area contributed by atoms with E-state index in [9.17, 15) is 5.26 Å². The summed E-state index contributed by atoms with van der Waals surface area (Å²) in [5.74, 6) is 1.23. The van der Waals surface area contributed by atoms with Gasteiger partial charge in [0.15, 0.2) is 0 Å². The number of nitriles is 1. The number of benzene rings is 1. The van der Waals surface area contributed by atoms with E-state index < -0.39 is 0 Å². The first-order valence-electron chi connectivity index (χ1n) is 8.16. The lowest BCUT2D eigenvalue weighted by atomic mass is 9.87. The lowest BCUT2D eigenvalue weighted by Crippen LogP contribution is -2.23. The fourth-order valence-corrected chi connectivity index (χ4v) is 3.45. The molecule has 1 heterocycles. The van der Waals surface area contributed by atoms with Gasteiger partial charge in [-0.15, -0.1) is 0 Å². The number of aromatic nitrogens is 1. The van der Waals surface area contributed by atoms with Gasteiger partial charge in [-0.3, -0.25) is 5.73 Å². The molecule has 4 nitrogen and oxygen atoms in total. The zero-order valence-corrected chi connectivity index (χ0v) is 13.5. The van der Waals surface area contributed by atoms with Crippen molar-refractivity contribution < 1.29 is 9.72 Å². The molecule has 1 aliphatic rings. The standard InChI is InChI=1S/C19H21N3O/c1-23-17-11-7-6-9-14(17)18-13-8-4-2-3-5-10-16(13)22-19(21)15(18)12-20/h6-7,9,11H,2-5,8,10H2,1H3,(H2,21,22)/p+1. The zero-order chi connectivity index (χ0) is 16.2. The molecule has 2 aromatic rings. The Hall–Kier alpha value is -2.54. The van der Waals surface area contributed by atoms with Crippen molar-refractivity contribution in [3.05, 3.63) is 41.1 Å². The normalized spacial score (nSPS) is 14.3. The van der Waals surface area contributed by atoms with Gasteiger partial charge in [-0.25, -0.2) is 4.98 Å². The molecule has 118 valence electrons. The maximum absolute atomic E-state index is 9.66. The van der Waals surface area contributed by atoms with E-state index in [0.29, 0.717) is 11.4 Å². The molecule has 0 unspecified atom stereocenters. The molecule has 0 saturated heterocycles. The molecule has 1 aromatic heterocycles. The van der Waals surface area contributed by atoms with E-state index in [1.165, 1.54) is 24.1 Å². The first-order valence-corrected chi connectivity index (χ1v) is 8.16. The Morgan fingerprint density at radius 3 is 2.61 bits per heavy atom. The Morgan fingerprint density at radius 2 is 1.87 bits per heavy atom. The number of nitrogens with two attached hydrogens (primary N) is 1. The van der Waals surface area contributed by atoms with E-state index >= 15 is 0 Å². The van der Waals surface area contributed by atoms with Gasteiger partial charge in [0.1, 0.15) is 23.1 Å². The van der Waals surface area contributed by atoms with Gasteiger partial charge in [-0.1, -0.05) is 31.0 Å². The molecule has 0 radical (unpaired) electrons. The largest absolute Gasteiger partial charge is 0.496 e. The minimum atomic E-state index is 0.452. The Bertz CT molecular complexity index is 762. The predicted octanol–water partition coefficient (Wildman–Crippen LogP) is 3.29. The van der Waals surface area contributed by atoms with E-state index in [4.69, 9.17) is 10.5 Å². The van der Waals surface area contributed by atoms with Crippen molar-refractivity contribution in [3.63, 3.8) is 0 Å². The number of pyridine rings is 1. The van der Waals surface area contributed by atoms with Crippen LogP contribution in [0.4, 0.5) is 5.82 Å². The number of methoxy groups -OCH3 is 1. The Kier molecular flexibility index (Phi) is 4.47. The molecule has 0 aliphatic heterocycles. The summed E-state index contributed by atoms with van der Waals surface area (Å²) in [5.41, 5.74) is 11.0. The van der Waals surface area contributed by atoms with Gasteiger partial charge in [0.05, 0.1) is 7.11 Å². The Balaban J connectivity index is 2.31. The van der Waals surface area contributed by atoms with Crippen LogP contribution in [0.3, 0.4) is 0 Å². The molecule has 23 heavy (non-hydrogen) atoms. The number of fused-ring (bicyclic) bond motifs is 1. The van der Waals surface area contributed by atoms with Crippen LogP contribution in [0.5, 0.6) is 5.75 Å².